The van der Waals surface area contributed by atoms with E-state index < -0.39 is 0 Å². The third kappa shape index (κ3) is 6.21. The molecule has 2 atom stereocenters. The van der Waals surface area contributed by atoms with Gasteiger partial charge in [0.05, 0.1) is 0 Å². The molecule has 4 aromatic carbocycles. The monoisotopic (exact) mass is 655 g/mol. The molecule has 0 amide bonds. The molecule has 3 nitrogen and oxygen atoms in total. The van der Waals surface area contributed by atoms with Crippen LogP contribution in [0.5, 0.6) is 0 Å². The van der Waals surface area contributed by atoms with E-state index in [1.807, 2.05) is 79.8 Å². The molecule has 5 heteroatoms. The van der Waals surface area contributed by atoms with Crippen molar-refractivity contribution < 1.29 is 9.59 Å². The lowest BCUT2D eigenvalue weighted by Crippen LogP contribution is -2.21. The normalized spacial score (nSPS) is 18.9. The van der Waals surface area contributed by atoms with Crippen LogP contribution in [-0.4, -0.2) is 30.6 Å². The minimum atomic E-state index is 0.149. The van der Waals surface area contributed by atoms with Gasteiger partial charge in [0.1, 0.15) is 0 Å². The Balaban J connectivity index is 0.000000164. The molecule has 0 spiro atoms. The fraction of sp³-hybridized carbons (Fsp3) is 0.200. The largest absolute Gasteiger partial charge is 0.383 e. The smallest absolute Gasteiger partial charge is 0.190 e. The van der Waals surface area contributed by atoms with Crippen LogP contribution in [0.2, 0.25) is 0 Å². The first-order valence-electron chi connectivity index (χ1n) is 13.5. The molecule has 0 saturated heterocycles. The van der Waals surface area contributed by atoms with Gasteiger partial charge in [-0.05, 0) is 59.4 Å². The summed E-state index contributed by atoms with van der Waals surface area (Å²) in [6, 6.07) is 32.7. The fourth-order valence-corrected chi connectivity index (χ4v) is 6.57. The van der Waals surface area contributed by atoms with E-state index in [1.165, 1.54) is 16.7 Å². The summed E-state index contributed by atoms with van der Waals surface area (Å²) in [5, 5.41) is 0. The van der Waals surface area contributed by atoms with Crippen molar-refractivity contribution in [3.05, 3.63) is 151 Å². The highest BCUT2D eigenvalue weighted by molar-refractivity contribution is 9.10. The van der Waals surface area contributed by atoms with Crippen LogP contribution >= 0.6 is 31.9 Å². The molecule has 0 aliphatic heterocycles. The van der Waals surface area contributed by atoms with Crippen molar-refractivity contribution in [1.82, 2.24) is 4.90 Å². The van der Waals surface area contributed by atoms with Gasteiger partial charge in [-0.25, -0.2) is 0 Å². The number of allylic oxidation sites excluding steroid dienone is 1. The first kappa shape index (κ1) is 28.3. The van der Waals surface area contributed by atoms with Gasteiger partial charge in [0.2, 0.25) is 0 Å². The molecular formula is C35H31Br2NO2. The van der Waals surface area contributed by atoms with Crippen LogP contribution in [-0.2, 0) is 0 Å². The second-order valence-electron chi connectivity index (χ2n) is 10.5. The van der Waals surface area contributed by atoms with Crippen LogP contribution in [0.15, 0.2) is 118 Å². The summed E-state index contributed by atoms with van der Waals surface area (Å²) in [6.07, 6.45) is 4.24. The molecule has 0 N–H and O–H groups in total. The summed E-state index contributed by atoms with van der Waals surface area (Å²) in [4.78, 5) is 26.6. The lowest BCUT2D eigenvalue weighted by molar-refractivity contribution is 0.0968. The fourth-order valence-electron chi connectivity index (χ4n) is 5.74. The van der Waals surface area contributed by atoms with E-state index in [-0.39, 0.29) is 17.5 Å². The number of carbonyl (C=O) groups excluding carboxylic acids is 2. The Morgan fingerprint density at radius 2 is 1.25 bits per heavy atom. The average molecular weight is 657 g/mol. The number of Topliss-reactive ketones (excluding diaryl/α,β-unsaturated/α-hetero) is 2. The van der Waals surface area contributed by atoms with Crippen molar-refractivity contribution in [2.45, 2.75) is 31.1 Å². The van der Waals surface area contributed by atoms with E-state index >= 15 is 0 Å². The van der Waals surface area contributed by atoms with Crippen molar-refractivity contribution in [1.29, 1.82) is 0 Å². The van der Waals surface area contributed by atoms with Gasteiger partial charge in [-0.15, -0.1) is 0 Å². The highest BCUT2D eigenvalue weighted by Gasteiger charge is 2.30. The SMILES string of the molecule is CN(C)/C=C1\CC(c2cccc(Br)c2)c2ccccc2C1=O.O=C1CCC(c2cccc(Br)c2)c2ccccc21. The minimum Gasteiger partial charge on any atom is -0.383 e. The average Bonchev–Trinajstić information content (AvgIpc) is 2.95. The molecule has 0 aromatic heterocycles. The van der Waals surface area contributed by atoms with Crippen LogP contribution in [0.3, 0.4) is 0 Å². The maximum atomic E-state index is 12.7. The molecule has 2 aliphatic carbocycles. The molecule has 0 bridgehead atoms. The van der Waals surface area contributed by atoms with E-state index in [4.69, 9.17) is 0 Å². The molecule has 0 saturated carbocycles. The van der Waals surface area contributed by atoms with Crippen molar-refractivity contribution in [3.63, 3.8) is 0 Å². The van der Waals surface area contributed by atoms with E-state index in [9.17, 15) is 9.59 Å². The van der Waals surface area contributed by atoms with E-state index in [0.717, 1.165) is 44.1 Å². The van der Waals surface area contributed by atoms with E-state index in [2.05, 4.69) is 74.3 Å². The van der Waals surface area contributed by atoms with Gasteiger partial charge in [0, 0.05) is 64.2 Å². The van der Waals surface area contributed by atoms with Gasteiger partial charge < -0.3 is 4.90 Å². The van der Waals surface area contributed by atoms with Crippen LogP contribution < -0.4 is 0 Å². The third-order valence-electron chi connectivity index (χ3n) is 7.51. The molecule has 202 valence electrons. The topological polar surface area (TPSA) is 37.4 Å². The molecule has 4 aromatic rings. The quantitative estimate of drug-likeness (QED) is 0.206. The second kappa shape index (κ2) is 12.5. The Hall–Kier alpha value is -3.28. The lowest BCUT2D eigenvalue weighted by Gasteiger charge is -2.27. The van der Waals surface area contributed by atoms with E-state index in [0.29, 0.717) is 12.3 Å². The van der Waals surface area contributed by atoms with Crippen molar-refractivity contribution in [2.24, 2.45) is 0 Å². The Morgan fingerprint density at radius 3 is 1.85 bits per heavy atom. The van der Waals surface area contributed by atoms with Crippen molar-refractivity contribution >= 4 is 43.4 Å². The summed E-state index contributed by atoms with van der Waals surface area (Å²) in [5.41, 5.74) is 7.41. The zero-order chi connectivity index (χ0) is 28.2. The molecule has 40 heavy (non-hydrogen) atoms. The standard InChI is InChI=1S/C19H18BrNO.C16H13BrO/c1-21(2)12-14-11-18(13-6-5-7-15(20)10-13)16-8-3-4-9-17(16)19(14)22;17-12-5-3-4-11(10-12)13-8-9-16(18)15-7-2-1-6-14(13)15/h3-10,12,18H,11H2,1-2H3;1-7,10,13H,8-9H2/b14-12+;. The molecular weight excluding hydrogens is 626 g/mol. The maximum absolute atomic E-state index is 12.7. The predicted octanol–water partition coefficient (Wildman–Crippen LogP) is 9.17. The van der Waals surface area contributed by atoms with Crippen LogP contribution in [0, 0.1) is 0 Å². The van der Waals surface area contributed by atoms with Crippen molar-refractivity contribution in [2.75, 3.05) is 14.1 Å². The van der Waals surface area contributed by atoms with Gasteiger partial charge in [-0.2, -0.15) is 0 Å². The van der Waals surface area contributed by atoms with Gasteiger partial charge in [-0.1, -0.05) is 105 Å². The third-order valence-corrected chi connectivity index (χ3v) is 8.50. The number of halogens is 2. The van der Waals surface area contributed by atoms with Crippen molar-refractivity contribution in [3.8, 4) is 0 Å². The molecule has 0 fully saturated rings. The number of hydrogen-bond donors (Lipinski definition) is 0. The van der Waals surface area contributed by atoms with Gasteiger partial charge in [0.25, 0.3) is 0 Å². The molecule has 0 heterocycles. The molecule has 2 unspecified atom stereocenters. The highest BCUT2D eigenvalue weighted by Crippen LogP contribution is 2.40. The van der Waals surface area contributed by atoms with Crippen LogP contribution in [0.1, 0.15) is 74.1 Å². The Kier molecular flexibility index (Phi) is 8.82. The van der Waals surface area contributed by atoms with E-state index in [1.54, 1.807) is 0 Å². The second-order valence-corrected chi connectivity index (χ2v) is 12.3. The van der Waals surface area contributed by atoms with Gasteiger partial charge in [0.15, 0.2) is 11.6 Å². The highest BCUT2D eigenvalue weighted by atomic mass is 79.9. The number of benzene rings is 4. The van der Waals surface area contributed by atoms with Gasteiger partial charge in [-0.3, -0.25) is 9.59 Å². The first-order chi connectivity index (χ1) is 19.3. The first-order valence-corrected chi connectivity index (χ1v) is 15.0. The summed E-state index contributed by atoms with van der Waals surface area (Å²) in [7, 11) is 3.91. The van der Waals surface area contributed by atoms with Crippen LogP contribution in [0.4, 0.5) is 0 Å². The number of fused-ring (bicyclic) bond motifs is 2. The molecule has 6 rings (SSSR count). The number of rotatable bonds is 3. The number of ketones is 2. The van der Waals surface area contributed by atoms with Crippen LogP contribution in [0.25, 0.3) is 0 Å². The summed E-state index contributed by atoms with van der Waals surface area (Å²) in [6.45, 7) is 0. The maximum Gasteiger partial charge on any atom is 0.190 e. The minimum absolute atomic E-state index is 0.149. The summed E-state index contributed by atoms with van der Waals surface area (Å²) in [5.74, 6) is 0.987. The molecule has 0 radical (unpaired) electrons. The molecule has 2 aliphatic rings. The zero-order valence-corrected chi connectivity index (χ0v) is 25.8. The predicted molar refractivity (Wildman–Crippen MR) is 169 cm³/mol. The summed E-state index contributed by atoms with van der Waals surface area (Å²) < 4.78 is 2.16. The number of carbonyl (C=O) groups is 2. The zero-order valence-electron chi connectivity index (χ0n) is 22.6. The lowest BCUT2D eigenvalue weighted by atomic mass is 9.76. The van der Waals surface area contributed by atoms with Gasteiger partial charge >= 0.3 is 0 Å². The number of nitrogens with zero attached hydrogens (tertiary/aromatic N) is 1. The number of hydrogen-bond acceptors (Lipinski definition) is 3. The Labute approximate surface area is 253 Å². The Bertz CT molecular complexity index is 1590. The Morgan fingerprint density at radius 1 is 0.700 bits per heavy atom. The summed E-state index contributed by atoms with van der Waals surface area (Å²) >= 11 is 7.06.